The van der Waals surface area contributed by atoms with Crippen LogP contribution in [-0.2, 0) is 6.54 Å². The predicted molar refractivity (Wildman–Crippen MR) is 115 cm³/mol. The summed E-state index contributed by atoms with van der Waals surface area (Å²) in [5.41, 5.74) is 1.18. The largest absolute Gasteiger partial charge is 0.457 e. The number of hydrogen-bond acceptors (Lipinski definition) is 4. The Bertz CT molecular complexity index is 754. The second-order valence-electron chi connectivity index (χ2n) is 8.01. The molecule has 0 aromatic heterocycles. The monoisotopic (exact) mass is 399 g/mol. The average Bonchev–Trinajstić information content (AvgIpc) is 2.72. The molecule has 0 atom stereocenters. The van der Waals surface area contributed by atoms with Crippen LogP contribution in [0.3, 0.4) is 0 Å². The molecule has 2 aliphatic rings. The zero-order chi connectivity index (χ0) is 19.3. The Kier molecular flexibility index (Phi) is 6.53. The van der Waals surface area contributed by atoms with Crippen molar-refractivity contribution >= 4 is 11.6 Å². The third kappa shape index (κ3) is 5.06. The van der Waals surface area contributed by atoms with Crippen molar-refractivity contribution in [2.24, 2.45) is 0 Å². The highest BCUT2D eigenvalue weighted by Crippen LogP contribution is 2.28. The van der Waals surface area contributed by atoms with E-state index in [1.54, 1.807) is 0 Å². The van der Waals surface area contributed by atoms with Gasteiger partial charge in [-0.25, -0.2) is 0 Å². The molecule has 0 saturated carbocycles. The number of benzene rings is 2. The van der Waals surface area contributed by atoms with Gasteiger partial charge in [-0.2, -0.15) is 0 Å². The predicted octanol–water partition coefficient (Wildman–Crippen LogP) is 4.34. The van der Waals surface area contributed by atoms with Crippen molar-refractivity contribution < 1.29 is 4.74 Å². The molecule has 2 aliphatic heterocycles. The fourth-order valence-electron chi connectivity index (χ4n) is 4.21. The zero-order valence-corrected chi connectivity index (χ0v) is 17.4. The third-order valence-corrected chi connectivity index (χ3v) is 6.36. The SMILES string of the molecule is CN1CCN(C2CCN(Cc3ccc(Oc4ccccc4)cc3Cl)CC2)CC1. The molecular formula is C23H30ClN3O. The van der Waals surface area contributed by atoms with Gasteiger partial charge in [0.25, 0.3) is 0 Å². The molecule has 4 nitrogen and oxygen atoms in total. The summed E-state index contributed by atoms with van der Waals surface area (Å²) in [6.07, 6.45) is 2.52. The summed E-state index contributed by atoms with van der Waals surface area (Å²) in [4.78, 5) is 7.66. The molecule has 2 fully saturated rings. The number of para-hydroxylation sites is 1. The maximum atomic E-state index is 6.56. The lowest BCUT2D eigenvalue weighted by Crippen LogP contribution is -2.52. The molecule has 2 heterocycles. The normalized spacial score (nSPS) is 20.4. The van der Waals surface area contributed by atoms with E-state index in [0.717, 1.165) is 42.2 Å². The molecule has 0 amide bonds. The minimum Gasteiger partial charge on any atom is -0.457 e. The summed E-state index contributed by atoms with van der Waals surface area (Å²) in [7, 11) is 2.22. The number of piperidine rings is 1. The summed E-state index contributed by atoms with van der Waals surface area (Å²) in [5.74, 6) is 1.62. The van der Waals surface area contributed by atoms with Crippen LogP contribution in [0.5, 0.6) is 11.5 Å². The van der Waals surface area contributed by atoms with Gasteiger partial charge in [-0.1, -0.05) is 35.9 Å². The van der Waals surface area contributed by atoms with Gasteiger partial charge in [0.1, 0.15) is 11.5 Å². The van der Waals surface area contributed by atoms with Gasteiger partial charge in [0.2, 0.25) is 0 Å². The highest BCUT2D eigenvalue weighted by atomic mass is 35.5. The Labute approximate surface area is 173 Å². The molecule has 0 unspecified atom stereocenters. The van der Waals surface area contributed by atoms with Gasteiger partial charge in [0.15, 0.2) is 0 Å². The van der Waals surface area contributed by atoms with Crippen LogP contribution in [0.1, 0.15) is 18.4 Å². The number of piperazine rings is 1. The maximum absolute atomic E-state index is 6.56. The van der Waals surface area contributed by atoms with E-state index in [4.69, 9.17) is 16.3 Å². The van der Waals surface area contributed by atoms with Crippen molar-refractivity contribution in [1.82, 2.24) is 14.7 Å². The van der Waals surface area contributed by atoms with Crippen molar-refractivity contribution in [3.63, 3.8) is 0 Å². The van der Waals surface area contributed by atoms with Gasteiger partial charge < -0.3 is 9.64 Å². The molecule has 0 radical (unpaired) electrons. The molecule has 0 bridgehead atoms. The number of likely N-dealkylation sites (tertiary alicyclic amines) is 1. The van der Waals surface area contributed by atoms with Crippen LogP contribution >= 0.6 is 11.6 Å². The minimum absolute atomic E-state index is 0.752. The number of halogens is 1. The first-order valence-electron chi connectivity index (χ1n) is 10.3. The molecule has 5 heteroatoms. The topological polar surface area (TPSA) is 19.0 Å². The van der Waals surface area contributed by atoms with E-state index in [1.807, 2.05) is 42.5 Å². The Balaban J connectivity index is 1.29. The van der Waals surface area contributed by atoms with Gasteiger partial charge in [-0.15, -0.1) is 0 Å². The van der Waals surface area contributed by atoms with Gasteiger partial charge in [0, 0.05) is 43.8 Å². The van der Waals surface area contributed by atoms with Crippen LogP contribution in [0, 0.1) is 0 Å². The number of rotatable bonds is 5. The molecule has 4 rings (SSSR count). The molecular weight excluding hydrogens is 370 g/mol. The molecule has 0 aliphatic carbocycles. The van der Waals surface area contributed by atoms with E-state index in [1.165, 1.54) is 44.6 Å². The highest BCUT2D eigenvalue weighted by Gasteiger charge is 2.26. The van der Waals surface area contributed by atoms with E-state index in [9.17, 15) is 0 Å². The van der Waals surface area contributed by atoms with Crippen LogP contribution in [0.15, 0.2) is 48.5 Å². The first-order valence-corrected chi connectivity index (χ1v) is 10.7. The van der Waals surface area contributed by atoms with E-state index in [0.29, 0.717) is 0 Å². The Hall–Kier alpha value is -1.59. The number of ether oxygens (including phenoxy) is 1. The van der Waals surface area contributed by atoms with Gasteiger partial charge >= 0.3 is 0 Å². The fourth-order valence-corrected chi connectivity index (χ4v) is 4.45. The molecule has 2 saturated heterocycles. The summed E-state index contributed by atoms with van der Waals surface area (Å²) < 4.78 is 5.89. The summed E-state index contributed by atoms with van der Waals surface area (Å²) in [5, 5.41) is 0.787. The quantitative estimate of drug-likeness (QED) is 0.744. The summed E-state index contributed by atoms with van der Waals surface area (Å²) in [6.45, 7) is 8.05. The molecule has 0 N–H and O–H groups in total. The lowest BCUT2D eigenvalue weighted by atomic mass is 10.0. The summed E-state index contributed by atoms with van der Waals surface area (Å²) in [6, 6.07) is 16.6. The van der Waals surface area contributed by atoms with Crippen LogP contribution in [0.25, 0.3) is 0 Å². The molecule has 0 spiro atoms. The van der Waals surface area contributed by atoms with E-state index in [-0.39, 0.29) is 0 Å². The average molecular weight is 400 g/mol. The second kappa shape index (κ2) is 9.27. The van der Waals surface area contributed by atoms with Crippen molar-refractivity contribution in [2.75, 3.05) is 46.3 Å². The third-order valence-electron chi connectivity index (χ3n) is 6.01. The lowest BCUT2D eigenvalue weighted by molar-refractivity contribution is 0.0658. The number of likely N-dealkylation sites (N-methyl/N-ethyl adjacent to an activating group) is 1. The van der Waals surface area contributed by atoms with Crippen molar-refractivity contribution in [3.8, 4) is 11.5 Å². The van der Waals surface area contributed by atoms with Crippen LogP contribution in [0.4, 0.5) is 0 Å². The van der Waals surface area contributed by atoms with Gasteiger partial charge in [-0.05, 0) is 62.8 Å². The van der Waals surface area contributed by atoms with Crippen molar-refractivity contribution in [1.29, 1.82) is 0 Å². The fraction of sp³-hybridized carbons (Fsp3) is 0.478. The first kappa shape index (κ1) is 19.7. The Morgan fingerprint density at radius 3 is 2.29 bits per heavy atom. The van der Waals surface area contributed by atoms with Crippen LogP contribution in [-0.4, -0.2) is 67.1 Å². The van der Waals surface area contributed by atoms with E-state index < -0.39 is 0 Å². The summed E-state index contributed by atoms with van der Waals surface area (Å²) >= 11 is 6.56. The van der Waals surface area contributed by atoms with Crippen molar-refractivity contribution in [3.05, 3.63) is 59.1 Å². The number of hydrogen-bond donors (Lipinski definition) is 0. The minimum atomic E-state index is 0.752. The zero-order valence-electron chi connectivity index (χ0n) is 16.7. The van der Waals surface area contributed by atoms with Crippen LogP contribution < -0.4 is 4.74 Å². The van der Waals surface area contributed by atoms with E-state index in [2.05, 4.69) is 27.8 Å². The number of nitrogens with zero attached hydrogens (tertiary/aromatic N) is 3. The van der Waals surface area contributed by atoms with Crippen LogP contribution in [0.2, 0.25) is 5.02 Å². The first-order chi connectivity index (χ1) is 13.7. The maximum Gasteiger partial charge on any atom is 0.128 e. The Morgan fingerprint density at radius 1 is 0.893 bits per heavy atom. The van der Waals surface area contributed by atoms with Crippen molar-refractivity contribution in [2.45, 2.75) is 25.4 Å². The molecule has 28 heavy (non-hydrogen) atoms. The highest BCUT2D eigenvalue weighted by molar-refractivity contribution is 6.31. The van der Waals surface area contributed by atoms with E-state index >= 15 is 0 Å². The standard InChI is InChI=1S/C23H30ClN3O/c1-25-13-15-27(16-14-25)20-9-11-26(12-10-20)18-19-7-8-22(17-23(19)24)28-21-5-3-2-4-6-21/h2-8,17,20H,9-16,18H2,1H3. The molecule has 150 valence electrons. The smallest absolute Gasteiger partial charge is 0.128 e. The van der Waals surface area contributed by atoms with Gasteiger partial charge in [0.05, 0.1) is 0 Å². The molecule has 2 aromatic rings. The Morgan fingerprint density at radius 2 is 1.61 bits per heavy atom. The lowest BCUT2D eigenvalue weighted by Gasteiger charge is -2.42. The second-order valence-corrected chi connectivity index (χ2v) is 8.42. The molecule has 2 aromatic carbocycles. The van der Waals surface area contributed by atoms with Gasteiger partial charge in [-0.3, -0.25) is 9.80 Å².